The minimum Gasteiger partial charge on any atom is -0.456 e. The second-order valence-electron chi connectivity index (χ2n) is 4.78. The van der Waals surface area contributed by atoms with E-state index in [9.17, 15) is 4.79 Å². The molecule has 0 unspecified atom stereocenters. The third-order valence-electron chi connectivity index (χ3n) is 2.12. The number of hydrogen-bond donors (Lipinski definition) is 1. The molecule has 0 saturated carbocycles. The number of esters is 1. The van der Waals surface area contributed by atoms with Gasteiger partial charge in [0.2, 0.25) is 0 Å². The summed E-state index contributed by atoms with van der Waals surface area (Å²) in [5.41, 5.74) is 6.66. The molecule has 0 spiro atoms. The van der Waals surface area contributed by atoms with Crippen molar-refractivity contribution in [2.45, 2.75) is 0 Å². The van der Waals surface area contributed by atoms with Crippen molar-refractivity contribution in [3.05, 3.63) is 29.8 Å². The van der Waals surface area contributed by atoms with Gasteiger partial charge in [-0.1, -0.05) is 6.07 Å². The van der Waals surface area contributed by atoms with Crippen LogP contribution in [0.25, 0.3) is 0 Å². The number of nitrogen functional groups attached to an aromatic ring is 1. The molecule has 16 heavy (non-hydrogen) atoms. The van der Waals surface area contributed by atoms with E-state index in [1.165, 1.54) is 0 Å². The minimum absolute atomic E-state index is 0.319. The second kappa shape index (κ2) is 4.99. The molecular weight excluding hydrogens is 204 g/mol. The smallest absolute Gasteiger partial charge is 0.338 e. The summed E-state index contributed by atoms with van der Waals surface area (Å²) < 4.78 is 5.92. The number of nitrogens with two attached hydrogens (primary N) is 1. The highest BCUT2D eigenvalue weighted by Gasteiger charge is 2.11. The highest BCUT2D eigenvalue weighted by molar-refractivity contribution is 5.90. The first-order valence-electron chi connectivity index (χ1n) is 5.21. The maximum atomic E-state index is 11.6. The number of carbonyl (C=O) groups excluding carboxylic acids is 1. The molecule has 2 N–H and O–H groups in total. The lowest BCUT2D eigenvalue weighted by Crippen LogP contribution is -2.38. The predicted molar refractivity (Wildman–Crippen MR) is 64.0 cm³/mol. The second-order valence-corrected chi connectivity index (χ2v) is 4.78. The van der Waals surface area contributed by atoms with Crippen molar-refractivity contribution in [2.24, 2.45) is 0 Å². The van der Waals surface area contributed by atoms with Crippen molar-refractivity contribution in [1.82, 2.24) is 0 Å². The van der Waals surface area contributed by atoms with Crippen molar-refractivity contribution in [2.75, 3.05) is 40.0 Å². The Morgan fingerprint density at radius 3 is 2.62 bits per heavy atom. The average Bonchev–Trinajstić information content (AvgIpc) is 2.15. The number of anilines is 1. The summed E-state index contributed by atoms with van der Waals surface area (Å²) in [6.07, 6.45) is 0. The summed E-state index contributed by atoms with van der Waals surface area (Å²) in [4.78, 5) is 11.6. The third-order valence-corrected chi connectivity index (χ3v) is 2.12. The Morgan fingerprint density at radius 1 is 1.38 bits per heavy atom. The van der Waals surface area contributed by atoms with Gasteiger partial charge in [-0.25, -0.2) is 4.79 Å². The quantitative estimate of drug-likeness (QED) is 0.473. The third kappa shape index (κ3) is 4.31. The van der Waals surface area contributed by atoms with Crippen molar-refractivity contribution in [3.8, 4) is 0 Å². The van der Waals surface area contributed by atoms with E-state index >= 15 is 0 Å². The van der Waals surface area contributed by atoms with Crippen LogP contribution in [0.1, 0.15) is 10.4 Å². The van der Waals surface area contributed by atoms with Crippen LogP contribution in [-0.4, -0.2) is 44.7 Å². The molecule has 0 atom stereocenters. The highest BCUT2D eigenvalue weighted by atomic mass is 16.5. The standard InChI is InChI=1S/C12H19N2O2/c1-14(2,3)7-8-16-12(15)10-5-4-6-11(13)9-10/h4-6,9H,7-8,13H2,1-3H3/q+1. The fraction of sp³-hybridized carbons (Fsp3) is 0.417. The topological polar surface area (TPSA) is 52.3 Å². The van der Waals surface area contributed by atoms with Crippen LogP contribution in [0.2, 0.25) is 0 Å². The molecule has 1 aromatic carbocycles. The zero-order valence-electron chi connectivity index (χ0n) is 10.1. The van der Waals surface area contributed by atoms with Crippen LogP contribution in [0.5, 0.6) is 0 Å². The number of ether oxygens (including phenoxy) is 1. The molecule has 0 radical (unpaired) electrons. The van der Waals surface area contributed by atoms with Gasteiger partial charge in [0.15, 0.2) is 0 Å². The zero-order valence-corrected chi connectivity index (χ0v) is 10.1. The number of benzene rings is 1. The summed E-state index contributed by atoms with van der Waals surface area (Å²) in [7, 11) is 6.15. The lowest BCUT2D eigenvalue weighted by Gasteiger charge is -2.23. The lowest BCUT2D eigenvalue weighted by molar-refractivity contribution is -0.870. The Kier molecular flexibility index (Phi) is 3.90. The number of carbonyl (C=O) groups is 1. The first-order valence-corrected chi connectivity index (χ1v) is 5.21. The molecule has 4 heteroatoms. The van der Waals surface area contributed by atoms with Gasteiger partial charge < -0.3 is 15.0 Å². The van der Waals surface area contributed by atoms with E-state index < -0.39 is 0 Å². The van der Waals surface area contributed by atoms with E-state index in [0.29, 0.717) is 17.9 Å². The predicted octanol–water partition coefficient (Wildman–Crippen LogP) is 1.13. The maximum Gasteiger partial charge on any atom is 0.338 e. The highest BCUT2D eigenvalue weighted by Crippen LogP contribution is 2.07. The van der Waals surface area contributed by atoms with Gasteiger partial charge >= 0.3 is 5.97 Å². The molecule has 0 aliphatic rings. The Bertz CT molecular complexity index is 370. The van der Waals surface area contributed by atoms with E-state index in [-0.39, 0.29) is 5.97 Å². The molecule has 0 bridgehead atoms. The average molecular weight is 223 g/mol. The van der Waals surface area contributed by atoms with E-state index in [1.54, 1.807) is 24.3 Å². The molecule has 0 fully saturated rings. The number of quaternary nitrogens is 1. The van der Waals surface area contributed by atoms with E-state index in [1.807, 2.05) is 21.1 Å². The fourth-order valence-corrected chi connectivity index (χ4v) is 1.16. The van der Waals surface area contributed by atoms with E-state index in [4.69, 9.17) is 10.5 Å². The van der Waals surface area contributed by atoms with Crippen LogP contribution in [0.3, 0.4) is 0 Å². The summed E-state index contributed by atoms with van der Waals surface area (Å²) in [5, 5.41) is 0. The number of nitrogens with zero attached hydrogens (tertiary/aromatic N) is 1. The monoisotopic (exact) mass is 223 g/mol. The molecular formula is C12H19N2O2+. The zero-order chi connectivity index (χ0) is 12.2. The number of hydrogen-bond acceptors (Lipinski definition) is 3. The summed E-state index contributed by atoms with van der Waals surface area (Å²) in [5.74, 6) is -0.319. The van der Waals surface area contributed by atoms with Gasteiger partial charge in [0, 0.05) is 5.69 Å². The van der Waals surface area contributed by atoms with Gasteiger partial charge in [-0.3, -0.25) is 0 Å². The van der Waals surface area contributed by atoms with Gasteiger partial charge in [-0.05, 0) is 18.2 Å². The number of rotatable bonds is 4. The Hall–Kier alpha value is -1.55. The van der Waals surface area contributed by atoms with Crippen molar-refractivity contribution >= 4 is 11.7 Å². The molecule has 0 amide bonds. The van der Waals surface area contributed by atoms with Crippen LogP contribution >= 0.6 is 0 Å². The normalized spacial score (nSPS) is 11.2. The fourth-order valence-electron chi connectivity index (χ4n) is 1.16. The molecule has 4 nitrogen and oxygen atoms in total. The minimum atomic E-state index is -0.319. The van der Waals surface area contributed by atoms with Crippen molar-refractivity contribution < 1.29 is 14.0 Å². The molecule has 0 heterocycles. The van der Waals surface area contributed by atoms with E-state index in [2.05, 4.69) is 0 Å². The largest absolute Gasteiger partial charge is 0.456 e. The Morgan fingerprint density at radius 2 is 2.06 bits per heavy atom. The van der Waals surface area contributed by atoms with Gasteiger partial charge in [-0.15, -0.1) is 0 Å². The Labute approximate surface area is 96.2 Å². The van der Waals surface area contributed by atoms with Crippen LogP contribution in [0.15, 0.2) is 24.3 Å². The van der Waals surface area contributed by atoms with Crippen molar-refractivity contribution in [1.29, 1.82) is 0 Å². The molecule has 1 rings (SSSR count). The van der Waals surface area contributed by atoms with Crippen LogP contribution < -0.4 is 5.73 Å². The van der Waals surface area contributed by atoms with Gasteiger partial charge in [0.25, 0.3) is 0 Å². The first-order chi connectivity index (χ1) is 7.38. The summed E-state index contributed by atoms with van der Waals surface area (Å²) in [6, 6.07) is 6.80. The van der Waals surface area contributed by atoms with Gasteiger partial charge in [-0.2, -0.15) is 0 Å². The first kappa shape index (κ1) is 12.5. The van der Waals surface area contributed by atoms with Crippen LogP contribution in [0, 0.1) is 0 Å². The SMILES string of the molecule is C[N+](C)(C)CCOC(=O)c1cccc(N)c1. The molecule has 0 saturated heterocycles. The summed E-state index contributed by atoms with van der Waals surface area (Å²) >= 11 is 0. The maximum absolute atomic E-state index is 11.6. The molecule has 0 aromatic heterocycles. The molecule has 1 aromatic rings. The Balaban J connectivity index is 2.47. The molecule has 0 aliphatic carbocycles. The van der Waals surface area contributed by atoms with Crippen molar-refractivity contribution in [3.63, 3.8) is 0 Å². The van der Waals surface area contributed by atoms with E-state index in [0.717, 1.165) is 11.0 Å². The van der Waals surface area contributed by atoms with Gasteiger partial charge in [0.05, 0.1) is 26.7 Å². The van der Waals surface area contributed by atoms with Crippen LogP contribution in [-0.2, 0) is 4.74 Å². The molecule has 88 valence electrons. The van der Waals surface area contributed by atoms with Gasteiger partial charge in [0.1, 0.15) is 13.2 Å². The van der Waals surface area contributed by atoms with Crippen LogP contribution in [0.4, 0.5) is 5.69 Å². The lowest BCUT2D eigenvalue weighted by atomic mass is 10.2. The number of likely N-dealkylation sites (N-methyl/N-ethyl adjacent to an activating group) is 1. The summed E-state index contributed by atoms with van der Waals surface area (Å²) in [6.45, 7) is 1.20. The molecule has 0 aliphatic heterocycles.